The van der Waals surface area contributed by atoms with E-state index in [2.05, 4.69) is 20.7 Å². The maximum atomic E-state index is 11.4. The van der Waals surface area contributed by atoms with Gasteiger partial charge in [-0.3, -0.25) is 9.48 Å². The molecule has 0 fully saturated rings. The van der Waals surface area contributed by atoms with E-state index in [1.165, 1.54) is 0 Å². The van der Waals surface area contributed by atoms with Crippen LogP contribution in [-0.2, 0) is 24.8 Å². The number of amides is 1. The normalized spacial score (nSPS) is 13.8. The molecule has 20 heavy (non-hydrogen) atoms. The molecule has 7 heteroatoms. The SMILES string of the molecule is Cn1cnc(CNc2cc3c(cc2N)CCC(=O)N3)n1. The molecule has 0 radical (unpaired) electrons. The van der Waals surface area contributed by atoms with E-state index in [9.17, 15) is 4.79 Å². The van der Waals surface area contributed by atoms with Gasteiger partial charge in [-0.1, -0.05) is 0 Å². The molecule has 0 bridgehead atoms. The number of carbonyl (C=O) groups excluding carboxylic acids is 1. The van der Waals surface area contributed by atoms with Crippen molar-refractivity contribution in [2.75, 3.05) is 16.4 Å². The van der Waals surface area contributed by atoms with Gasteiger partial charge >= 0.3 is 0 Å². The number of nitrogen functional groups attached to an aromatic ring is 1. The van der Waals surface area contributed by atoms with Crippen molar-refractivity contribution in [3.05, 3.63) is 29.8 Å². The first-order chi connectivity index (χ1) is 9.61. The molecule has 104 valence electrons. The van der Waals surface area contributed by atoms with Gasteiger partial charge in [-0.15, -0.1) is 0 Å². The molecule has 0 unspecified atom stereocenters. The minimum absolute atomic E-state index is 0.0413. The van der Waals surface area contributed by atoms with E-state index >= 15 is 0 Å². The third-order valence-corrected chi connectivity index (χ3v) is 3.25. The number of benzene rings is 1. The Bertz CT molecular complexity index is 663. The van der Waals surface area contributed by atoms with Gasteiger partial charge in [0, 0.05) is 19.2 Å². The lowest BCUT2D eigenvalue weighted by molar-refractivity contribution is -0.116. The predicted octanol–water partition coefficient (Wildman–Crippen LogP) is 0.894. The summed E-state index contributed by atoms with van der Waals surface area (Å²) in [5.41, 5.74) is 9.37. The summed E-state index contributed by atoms with van der Waals surface area (Å²) < 4.78 is 1.65. The second-order valence-corrected chi connectivity index (χ2v) is 4.83. The van der Waals surface area contributed by atoms with Gasteiger partial charge in [-0.25, -0.2) is 4.98 Å². The summed E-state index contributed by atoms with van der Waals surface area (Å²) in [6.45, 7) is 0.484. The van der Waals surface area contributed by atoms with Crippen molar-refractivity contribution in [2.45, 2.75) is 19.4 Å². The quantitative estimate of drug-likeness (QED) is 0.721. The Labute approximate surface area is 116 Å². The predicted molar refractivity (Wildman–Crippen MR) is 76.1 cm³/mol. The molecule has 4 N–H and O–H groups in total. The van der Waals surface area contributed by atoms with E-state index in [0.29, 0.717) is 24.5 Å². The van der Waals surface area contributed by atoms with Gasteiger partial charge in [0.2, 0.25) is 5.91 Å². The molecule has 1 aliphatic rings. The Kier molecular flexibility index (Phi) is 3.02. The number of nitrogens with one attached hydrogen (secondary N) is 2. The number of nitrogens with zero attached hydrogens (tertiary/aromatic N) is 3. The largest absolute Gasteiger partial charge is 0.397 e. The average molecular weight is 272 g/mol. The molecule has 1 aromatic heterocycles. The van der Waals surface area contributed by atoms with Crippen molar-refractivity contribution in [3.8, 4) is 0 Å². The molecule has 3 rings (SSSR count). The molecule has 1 aliphatic heterocycles. The highest BCUT2D eigenvalue weighted by Crippen LogP contribution is 2.31. The van der Waals surface area contributed by atoms with E-state index in [1.807, 2.05) is 19.2 Å². The van der Waals surface area contributed by atoms with Crippen LogP contribution in [0.1, 0.15) is 17.8 Å². The molecule has 0 aliphatic carbocycles. The van der Waals surface area contributed by atoms with E-state index < -0.39 is 0 Å². The summed E-state index contributed by atoms with van der Waals surface area (Å²) in [4.78, 5) is 15.6. The molecule has 0 saturated carbocycles. The van der Waals surface area contributed by atoms with Gasteiger partial charge in [0.1, 0.15) is 6.33 Å². The zero-order valence-electron chi connectivity index (χ0n) is 11.2. The summed E-state index contributed by atoms with van der Waals surface area (Å²) in [5.74, 6) is 0.730. The molecular formula is C13H16N6O. The van der Waals surface area contributed by atoms with Crippen molar-refractivity contribution in [1.82, 2.24) is 14.8 Å². The van der Waals surface area contributed by atoms with Gasteiger partial charge < -0.3 is 16.4 Å². The Balaban J connectivity index is 1.79. The number of hydrogen-bond donors (Lipinski definition) is 3. The highest BCUT2D eigenvalue weighted by Gasteiger charge is 2.16. The molecule has 0 saturated heterocycles. The molecule has 2 heterocycles. The second kappa shape index (κ2) is 4.84. The van der Waals surface area contributed by atoms with Crippen LogP contribution >= 0.6 is 0 Å². The molecule has 0 atom stereocenters. The van der Waals surface area contributed by atoms with Crippen molar-refractivity contribution in [1.29, 1.82) is 0 Å². The minimum Gasteiger partial charge on any atom is -0.397 e. The summed E-state index contributed by atoms with van der Waals surface area (Å²) in [7, 11) is 1.82. The van der Waals surface area contributed by atoms with Crippen LogP contribution in [0, 0.1) is 0 Å². The number of carbonyl (C=O) groups is 1. The van der Waals surface area contributed by atoms with E-state index in [-0.39, 0.29) is 5.91 Å². The Morgan fingerprint density at radius 1 is 1.45 bits per heavy atom. The maximum absolute atomic E-state index is 11.4. The zero-order chi connectivity index (χ0) is 14.1. The number of hydrogen-bond acceptors (Lipinski definition) is 5. The first-order valence-corrected chi connectivity index (χ1v) is 6.42. The van der Waals surface area contributed by atoms with Gasteiger partial charge in [0.25, 0.3) is 0 Å². The number of anilines is 3. The molecule has 1 aromatic carbocycles. The number of aromatic nitrogens is 3. The van der Waals surface area contributed by atoms with Crippen LogP contribution in [0.3, 0.4) is 0 Å². The summed E-state index contributed by atoms with van der Waals surface area (Å²) in [6.07, 6.45) is 2.89. The van der Waals surface area contributed by atoms with E-state index in [4.69, 9.17) is 5.73 Å². The lowest BCUT2D eigenvalue weighted by atomic mass is 10.0. The van der Waals surface area contributed by atoms with Crippen LogP contribution < -0.4 is 16.4 Å². The Hall–Kier alpha value is -2.57. The smallest absolute Gasteiger partial charge is 0.224 e. The van der Waals surface area contributed by atoms with Gasteiger partial charge in [-0.2, -0.15) is 5.10 Å². The topological polar surface area (TPSA) is 97.9 Å². The standard InChI is InChI=1S/C13H16N6O/c1-19-7-16-12(18-19)6-15-11-5-10-8(4-9(11)14)2-3-13(20)17-10/h4-5,7,15H,2-3,6,14H2,1H3,(H,17,20). The van der Waals surface area contributed by atoms with Crippen molar-refractivity contribution in [2.24, 2.45) is 7.05 Å². The molecule has 0 spiro atoms. The van der Waals surface area contributed by atoms with Crippen LogP contribution in [0.15, 0.2) is 18.5 Å². The van der Waals surface area contributed by atoms with E-state index in [1.54, 1.807) is 11.0 Å². The van der Waals surface area contributed by atoms with Crippen LogP contribution in [-0.4, -0.2) is 20.7 Å². The maximum Gasteiger partial charge on any atom is 0.224 e. The lowest BCUT2D eigenvalue weighted by Gasteiger charge is -2.19. The number of rotatable bonds is 3. The van der Waals surface area contributed by atoms with Crippen LogP contribution in [0.5, 0.6) is 0 Å². The van der Waals surface area contributed by atoms with Crippen molar-refractivity contribution in [3.63, 3.8) is 0 Å². The molecule has 7 nitrogen and oxygen atoms in total. The zero-order valence-corrected chi connectivity index (χ0v) is 11.2. The van der Waals surface area contributed by atoms with Gasteiger partial charge in [0.05, 0.1) is 17.9 Å². The molecule has 1 amide bonds. The number of aryl methyl sites for hydroxylation is 2. The average Bonchev–Trinajstić information content (AvgIpc) is 2.83. The number of fused-ring (bicyclic) bond motifs is 1. The fraction of sp³-hybridized carbons (Fsp3) is 0.308. The van der Waals surface area contributed by atoms with Gasteiger partial charge in [-0.05, 0) is 24.1 Å². The van der Waals surface area contributed by atoms with Crippen LogP contribution in [0.2, 0.25) is 0 Å². The van der Waals surface area contributed by atoms with Crippen molar-refractivity contribution >= 4 is 23.0 Å². The summed E-state index contributed by atoms with van der Waals surface area (Å²) in [5, 5.41) is 10.2. The fourth-order valence-electron chi connectivity index (χ4n) is 2.24. The van der Waals surface area contributed by atoms with Crippen LogP contribution in [0.25, 0.3) is 0 Å². The first-order valence-electron chi connectivity index (χ1n) is 6.42. The fourth-order valence-corrected chi connectivity index (χ4v) is 2.24. The van der Waals surface area contributed by atoms with Gasteiger partial charge in [0.15, 0.2) is 5.82 Å². The monoisotopic (exact) mass is 272 g/mol. The highest BCUT2D eigenvalue weighted by atomic mass is 16.1. The molecule has 2 aromatic rings. The number of nitrogens with two attached hydrogens (primary N) is 1. The Morgan fingerprint density at radius 2 is 2.30 bits per heavy atom. The lowest BCUT2D eigenvalue weighted by Crippen LogP contribution is -2.19. The molecular weight excluding hydrogens is 256 g/mol. The Morgan fingerprint density at radius 3 is 3.05 bits per heavy atom. The van der Waals surface area contributed by atoms with E-state index in [0.717, 1.165) is 23.4 Å². The highest BCUT2D eigenvalue weighted by molar-refractivity contribution is 5.95. The summed E-state index contributed by atoms with van der Waals surface area (Å²) >= 11 is 0. The van der Waals surface area contributed by atoms with Crippen LogP contribution in [0.4, 0.5) is 17.1 Å². The third kappa shape index (κ3) is 2.42. The third-order valence-electron chi connectivity index (χ3n) is 3.25. The summed E-state index contributed by atoms with van der Waals surface area (Å²) in [6, 6.07) is 3.77. The minimum atomic E-state index is 0.0413. The van der Waals surface area contributed by atoms with Crippen molar-refractivity contribution < 1.29 is 4.79 Å². The second-order valence-electron chi connectivity index (χ2n) is 4.83. The first kappa shape index (κ1) is 12.5.